The Balaban J connectivity index is 1.65. The molecule has 0 saturated heterocycles. The Labute approximate surface area is 160 Å². The van der Waals surface area contributed by atoms with E-state index in [-0.39, 0.29) is 17.3 Å². The van der Waals surface area contributed by atoms with Gasteiger partial charge in [0.1, 0.15) is 19.5 Å². The molecule has 4 rings (SSSR count). The first-order chi connectivity index (χ1) is 13.6. The zero-order valence-corrected chi connectivity index (χ0v) is 15.0. The van der Waals surface area contributed by atoms with E-state index in [1.54, 1.807) is 18.2 Å². The fraction of sp³-hybridized carbons (Fsp3) is 0.158. The molecule has 28 heavy (non-hydrogen) atoms. The van der Waals surface area contributed by atoms with Crippen molar-refractivity contribution in [2.75, 3.05) is 23.8 Å². The fourth-order valence-corrected chi connectivity index (χ4v) is 2.77. The zero-order valence-electron chi connectivity index (χ0n) is 15.0. The Morgan fingerprint density at radius 3 is 2.21 bits per heavy atom. The van der Waals surface area contributed by atoms with Crippen LogP contribution in [0.5, 0.6) is 11.5 Å². The van der Waals surface area contributed by atoms with Crippen molar-refractivity contribution in [1.29, 1.82) is 0 Å². The van der Waals surface area contributed by atoms with E-state index in [1.807, 2.05) is 31.2 Å². The normalized spacial score (nSPS) is 12.3. The van der Waals surface area contributed by atoms with E-state index in [4.69, 9.17) is 9.47 Å². The van der Waals surface area contributed by atoms with Crippen LogP contribution in [0.3, 0.4) is 0 Å². The molecule has 2 N–H and O–H groups in total. The summed E-state index contributed by atoms with van der Waals surface area (Å²) in [6, 6.07) is 12.7. The van der Waals surface area contributed by atoms with Crippen molar-refractivity contribution in [3.63, 3.8) is 0 Å². The van der Waals surface area contributed by atoms with Gasteiger partial charge in [-0.3, -0.25) is 10.1 Å². The van der Waals surface area contributed by atoms with Crippen molar-refractivity contribution in [3.05, 3.63) is 64.5 Å². The van der Waals surface area contributed by atoms with Crippen LogP contribution in [-0.2, 0) is 0 Å². The van der Waals surface area contributed by atoms with Crippen LogP contribution in [0.1, 0.15) is 5.56 Å². The standard InChI is InChI=1S/C19H17N5O4/c1-12-2-4-13(5-3-12)22-18-17(24(25)26)19(21-11-20-18)23-14-6-7-15-16(10-14)28-9-8-27-15/h2-7,10-11H,8-9H2,1H3,(H2,20,21,22,23). The molecular weight excluding hydrogens is 362 g/mol. The van der Waals surface area contributed by atoms with Crippen LogP contribution in [0.25, 0.3) is 0 Å². The van der Waals surface area contributed by atoms with Crippen molar-refractivity contribution in [1.82, 2.24) is 9.97 Å². The van der Waals surface area contributed by atoms with Gasteiger partial charge in [0.25, 0.3) is 0 Å². The predicted octanol–water partition coefficient (Wildman–Crippen LogP) is 3.95. The van der Waals surface area contributed by atoms with Gasteiger partial charge in [-0.25, -0.2) is 9.97 Å². The van der Waals surface area contributed by atoms with Crippen LogP contribution in [-0.4, -0.2) is 28.1 Å². The highest BCUT2D eigenvalue weighted by atomic mass is 16.6. The summed E-state index contributed by atoms with van der Waals surface area (Å²) in [6.07, 6.45) is 1.27. The molecule has 2 heterocycles. The molecule has 3 aromatic rings. The second kappa shape index (κ2) is 7.39. The summed E-state index contributed by atoms with van der Waals surface area (Å²) in [4.78, 5) is 19.3. The molecular formula is C19H17N5O4. The van der Waals surface area contributed by atoms with Gasteiger partial charge in [0.05, 0.1) is 4.92 Å². The molecule has 0 amide bonds. The number of nitro groups is 1. The Bertz CT molecular complexity index is 1020. The van der Waals surface area contributed by atoms with E-state index in [0.717, 1.165) is 5.56 Å². The highest BCUT2D eigenvalue weighted by Crippen LogP contribution is 2.36. The monoisotopic (exact) mass is 379 g/mol. The van der Waals surface area contributed by atoms with Crippen LogP contribution in [0, 0.1) is 17.0 Å². The Kier molecular flexibility index (Phi) is 4.63. The van der Waals surface area contributed by atoms with E-state index in [2.05, 4.69) is 20.6 Å². The maximum Gasteiger partial charge on any atom is 0.353 e. The summed E-state index contributed by atoms with van der Waals surface area (Å²) in [6.45, 7) is 2.91. The van der Waals surface area contributed by atoms with Gasteiger partial charge >= 0.3 is 5.69 Å². The highest BCUT2D eigenvalue weighted by Gasteiger charge is 2.24. The molecule has 1 aliphatic rings. The second-order valence-electron chi connectivity index (χ2n) is 6.15. The lowest BCUT2D eigenvalue weighted by atomic mass is 10.2. The van der Waals surface area contributed by atoms with Gasteiger partial charge < -0.3 is 20.1 Å². The lowest BCUT2D eigenvalue weighted by Gasteiger charge is -2.19. The van der Waals surface area contributed by atoms with Gasteiger partial charge in [-0.2, -0.15) is 0 Å². The molecule has 0 fully saturated rings. The number of aryl methyl sites for hydroxylation is 1. The van der Waals surface area contributed by atoms with E-state index >= 15 is 0 Å². The van der Waals surface area contributed by atoms with E-state index < -0.39 is 4.92 Å². The maximum absolute atomic E-state index is 11.7. The zero-order chi connectivity index (χ0) is 19.5. The van der Waals surface area contributed by atoms with Gasteiger partial charge in [-0.15, -0.1) is 0 Å². The molecule has 0 saturated carbocycles. The third-order valence-corrected chi connectivity index (χ3v) is 4.12. The Morgan fingerprint density at radius 1 is 0.929 bits per heavy atom. The van der Waals surface area contributed by atoms with Gasteiger partial charge in [-0.05, 0) is 31.2 Å². The molecule has 0 atom stereocenters. The number of benzene rings is 2. The van der Waals surface area contributed by atoms with Crippen molar-refractivity contribution >= 4 is 28.7 Å². The average molecular weight is 379 g/mol. The quantitative estimate of drug-likeness (QED) is 0.506. The summed E-state index contributed by atoms with van der Waals surface area (Å²) < 4.78 is 11.0. The molecule has 0 bridgehead atoms. The smallest absolute Gasteiger partial charge is 0.353 e. The summed E-state index contributed by atoms with van der Waals surface area (Å²) in [5.74, 6) is 1.39. The topological polar surface area (TPSA) is 111 Å². The molecule has 9 heteroatoms. The predicted molar refractivity (Wildman–Crippen MR) is 104 cm³/mol. The second-order valence-corrected chi connectivity index (χ2v) is 6.15. The number of nitrogens with zero attached hydrogens (tertiary/aromatic N) is 3. The van der Waals surface area contributed by atoms with Crippen LogP contribution in [0.2, 0.25) is 0 Å². The van der Waals surface area contributed by atoms with Gasteiger partial charge in [-0.1, -0.05) is 17.7 Å². The third kappa shape index (κ3) is 3.63. The SMILES string of the molecule is Cc1ccc(Nc2ncnc(Nc3ccc4c(c3)OCCO4)c2[N+](=O)[O-])cc1. The fourth-order valence-electron chi connectivity index (χ4n) is 2.77. The Hall–Kier alpha value is -3.88. The lowest BCUT2D eigenvalue weighted by molar-refractivity contribution is -0.383. The molecule has 1 aliphatic heterocycles. The van der Waals surface area contributed by atoms with Gasteiger partial charge in [0.2, 0.25) is 11.6 Å². The number of rotatable bonds is 5. The molecule has 142 valence electrons. The van der Waals surface area contributed by atoms with Crippen molar-refractivity contribution in [2.45, 2.75) is 6.92 Å². The molecule has 0 unspecified atom stereocenters. The molecule has 2 aromatic carbocycles. The first-order valence-electron chi connectivity index (χ1n) is 8.60. The van der Waals surface area contributed by atoms with Crippen LogP contribution in [0.4, 0.5) is 28.7 Å². The number of fused-ring (bicyclic) bond motifs is 1. The summed E-state index contributed by atoms with van der Waals surface area (Å²) in [5, 5.41) is 17.7. The average Bonchev–Trinajstić information content (AvgIpc) is 2.69. The molecule has 0 aliphatic carbocycles. The van der Waals surface area contributed by atoms with E-state index in [9.17, 15) is 10.1 Å². The number of hydrogen-bond donors (Lipinski definition) is 2. The Morgan fingerprint density at radius 2 is 1.54 bits per heavy atom. The van der Waals surface area contributed by atoms with Gasteiger partial charge in [0, 0.05) is 17.4 Å². The molecule has 9 nitrogen and oxygen atoms in total. The van der Waals surface area contributed by atoms with Crippen LogP contribution in [0.15, 0.2) is 48.8 Å². The minimum atomic E-state index is -0.517. The van der Waals surface area contributed by atoms with Crippen LogP contribution < -0.4 is 20.1 Å². The number of aromatic nitrogens is 2. The molecule has 0 spiro atoms. The molecule has 1 aromatic heterocycles. The minimum absolute atomic E-state index is 0.0753. The lowest BCUT2D eigenvalue weighted by Crippen LogP contribution is -2.15. The summed E-state index contributed by atoms with van der Waals surface area (Å²) >= 11 is 0. The first kappa shape index (κ1) is 17.5. The number of anilines is 4. The largest absolute Gasteiger partial charge is 0.486 e. The number of ether oxygens (including phenoxy) is 2. The van der Waals surface area contributed by atoms with Crippen molar-refractivity contribution < 1.29 is 14.4 Å². The third-order valence-electron chi connectivity index (χ3n) is 4.12. The van der Waals surface area contributed by atoms with Crippen molar-refractivity contribution in [2.24, 2.45) is 0 Å². The highest BCUT2D eigenvalue weighted by molar-refractivity contribution is 5.77. The number of nitrogens with one attached hydrogen (secondary N) is 2. The minimum Gasteiger partial charge on any atom is -0.486 e. The maximum atomic E-state index is 11.7. The first-order valence-corrected chi connectivity index (χ1v) is 8.60. The number of hydrogen-bond acceptors (Lipinski definition) is 8. The van der Waals surface area contributed by atoms with E-state index in [1.165, 1.54) is 6.33 Å². The van der Waals surface area contributed by atoms with Gasteiger partial charge in [0.15, 0.2) is 11.5 Å². The van der Waals surface area contributed by atoms with Crippen molar-refractivity contribution in [3.8, 4) is 11.5 Å². The van der Waals surface area contributed by atoms with Crippen LogP contribution >= 0.6 is 0 Å². The van der Waals surface area contributed by atoms with E-state index in [0.29, 0.717) is 36.1 Å². The summed E-state index contributed by atoms with van der Waals surface area (Å²) in [7, 11) is 0. The summed E-state index contributed by atoms with van der Waals surface area (Å²) in [5.41, 5.74) is 2.12. The molecule has 0 radical (unpaired) electrons.